The fourth-order valence-corrected chi connectivity index (χ4v) is 1.91. The third-order valence-electron chi connectivity index (χ3n) is 2.40. The SMILES string of the molecule is CCNc1nc(C)cc(-c2ccc(Cl)c(Cl)c2)n1. The molecule has 0 saturated carbocycles. The molecule has 1 aromatic heterocycles. The number of hydrogen-bond donors (Lipinski definition) is 1. The zero-order valence-corrected chi connectivity index (χ0v) is 11.7. The fourth-order valence-electron chi connectivity index (χ4n) is 1.61. The van der Waals surface area contributed by atoms with E-state index in [1.54, 1.807) is 12.1 Å². The van der Waals surface area contributed by atoms with E-state index in [-0.39, 0.29) is 0 Å². The maximum atomic E-state index is 6.01. The zero-order valence-electron chi connectivity index (χ0n) is 10.2. The van der Waals surface area contributed by atoms with Crippen LogP contribution in [-0.2, 0) is 0 Å². The molecule has 1 heterocycles. The van der Waals surface area contributed by atoms with Crippen molar-refractivity contribution >= 4 is 29.2 Å². The maximum Gasteiger partial charge on any atom is 0.223 e. The first-order chi connectivity index (χ1) is 8.60. The second-order valence-electron chi connectivity index (χ2n) is 3.88. The predicted molar refractivity (Wildman–Crippen MR) is 76.4 cm³/mol. The molecule has 0 radical (unpaired) electrons. The minimum atomic E-state index is 0.524. The number of anilines is 1. The lowest BCUT2D eigenvalue weighted by molar-refractivity contribution is 1.06. The Kier molecular flexibility index (Phi) is 4.04. The van der Waals surface area contributed by atoms with Gasteiger partial charge in [0.05, 0.1) is 15.7 Å². The van der Waals surface area contributed by atoms with Gasteiger partial charge in [-0.2, -0.15) is 0 Å². The number of hydrogen-bond acceptors (Lipinski definition) is 3. The van der Waals surface area contributed by atoms with Crippen LogP contribution in [0.3, 0.4) is 0 Å². The zero-order chi connectivity index (χ0) is 13.1. The molecular weight excluding hydrogens is 269 g/mol. The number of benzene rings is 1. The van der Waals surface area contributed by atoms with Gasteiger partial charge in [-0.05, 0) is 32.0 Å². The summed E-state index contributed by atoms with van der Waals surface area (Å²) >= 11 is 11.9. The highest BCUT2D eigenvalue weighted by Gasteiger charge is 2.06. The van der Waals surface area contributed by atoms with Crippen LogP contribution < -0.4 is 5.32 Å². The Morgan fingerprint density at radius 3 is 2.56 bits per heavy atom. The van der Waals surface area contributed by atoms with Crippen molar-refractivity contribution in [2.45, 2.75) is 13.8 Å². The van der Waals surface area contributed by atoms with Crippen LogP contribution in [-0.4, -0.2) is 16.5 Å². The van der Waals surface area contributed by atoms with Crippen molar-refractivity contribution in [3.63, 3.8) is 0 Å². The highest BCUT2D eigenvalue weighted by molar-refractivity contribution is 6.42. The quantitative estimate of drug-likeness (QED) is 0.917. The monoisotopic (exact) mass is 281 g/mol. The molecule has 0 aliphatic heterocycles. The first-order valence-corrected chi connectivity index (χ1v) is 6.40. The van der Waals surface area contributed by atoms with Crippen LogP contribution in [0, 0.1) is 6.92 Å². The van der Waals surface area contributed by atoms with Crippen LogP contribution in [0.4, 0.5) is 5.95 Å². The average molecular weight is 282 g/mol. The number of aromatic nitrogens is 2. The van der Waals surface area contributed by atoms with Crippen molar-refractivity contribution in [3.05, 3.63) is 40.0 Å². The van der Waals surface area contributed by atoms with E-state index >= 15 is 0 Å². The van der Waals surface area contributed by atoms with E-state index in [1.807, 2.05) is 26.0 Å². The second kappa shape index (κ2) is 5.55. The number of rotatable bonds is 3. The predicted octanol–water partition coefficient (Wildman–Crippen LogP) is 4.19. The summed E-state index contributed by atoms with van der Waals surface area (Å²) in [4.78, 5) is 8.75. The minimum absolute atomic E-state index is 0.524. The molecule has 0 bridgehead atoms. The molecule has 1 aromatic carbocycles. The van der Waals surface area contributed by atoms with E-state index in [1.165, 1.54) is 0 Å². The lowest BCUT2D eigenvalue weighted by Gasteiger charge is -2.07. The van der Waals surface area contributed by atoms with E-state index in [0.29, 0.717) is 16.0 Å². The van der Waals surface area contributed by atoms with Gasteiger partial charge in [0.15, 0.2) is 0 Å². The van der Waals surface area contributed by atoms with E-state index in [9.17, 15) is 0 Å². The van der Waals surface area contributed by atoms with Crippen LogP contribution in [0.25, 0.3) is 11.3 Å². The summed E-state index contributed by atoms with van der Waals surface area (Å²) in [7, 11) is 0. The van der Waals surface area contributed by atoms with E-state index in [2.05, 4.69) is 15.3 Å². The number of aryl methyl sites for hydroxylation is 1. The summed E-state index contributed by atoms with van der Waals surface area (Å²) in [6, 6.07) is 7.39. The molecular formula is C13H13Cl2N3. The standard InChI is InChI=1S/C13H13Cl2N3/c1-3-16-13-17-8(2)6-12(18-13)9-4-5-10(14)11(15)7-9/h4-7H,3H2,1-2H3,(H,16,17,18). The molecule has 0 amide bonds. The third-order valence-corrected chi connectivity index (χ3v) is 3.14. The summed E-state index contributed by atoms with van der Waals surface area (Å²) in [6.45, 7) is 4.72. The molecule has 2 rings (SSSR count). The molecule has 0 fully saturated rings. The van der Waals surface area contributed by atoms with Gasteiger partial charge < -0.3 is 5.32 Å². The Balaban J connectivity index is 2.46. The van der Waals surface area contributed by atoms with Crippen LogP contribution in [0.15, 0.2) is 24.3 Å². The summed E-state index contributed by atoms with van der Waals surface area (Å²) in [5.74, 6) is 0.624. The highest BCUT2D eigenvalue weighted by atomic mass is 35.5. The number of nitrogens with one attached hydrogen (secondary N) is 1. The van der Waals surface area contributed by atoms with E-state index in [0.717, 1.165) is 23.5 Å². The van der Waals surface area contributed by atoms with Crippen molar-refractivity contribution in [2.24, 2.45) is 0 Å². The minimum Gasteiger partial charge on any atom is -0.354 e. The summed E-state index contributed by atoms with van der Waals surface area (Å²) in [5.41, 5.74) is 2.66. The lowest BCUT2D eigenvalue weighted by Crippen LogP contribution is -2.03. The van der Waals surface area contributed by atoms with Crippen molar-refractivity contribution in [1.82, 2.24) is 9.97 Å². The molecule has 18 heavy (non-hydrogen) atoms. The Hall–Kier alpha value is -1.32. The Labute approximate surface area is 116 Å². The van der Waals surface area contributed by atoms with Gasteiger partial charge in [-0.25, -0.2) is 9.97 Å². The summed E-state index contributed by atoms with van der Waals surface area (Å²) < 4.78 is 0. The molecule has 0 atom stereocenters. The molecule has 2 aromatic rings. The normalized spacial score (nSPS) is 10.4. The Morgan fingerprint density at radius 2 is 1.89 bits per heavy atom. The van der Waals surface area contributed by atoms with Gasteiger partial charge in [0.2, 0.25) is 5.95 Å². The topological polar surface area (TPSA) is 37.8 Å². The van der Waals surface area contributed by atoms with Gasteiger partial charge in [0.1, 0.15) is 0 Å². The second-order valence-corrected chi connectivity index (χ2v) is 4.69. The molecule has 94 valence electrons. The molecule has 3 nitrogen and oxygen atoms in total. The van der Waals surface area contributed by atoms with Gasteiger partial charge in [0.25, 0.3) is 0 Å². The van der Waals surface area contributed by atoms with Gasteiger partial charge in [-0.3, -0.25) is 0 Å². The summed E-state index contributed by atoms with van der Waals surface area (Å²) in [5, 5.41) is 4.17. The van der Waals surface area contributed by atoms with Crippen LogP contribution >= 0.6 is 23.2 Å². The van der Waals surface area contributed by atoms with Gasteiger partial charge >= 0.3 is 0 Å². The molecule has 0 unspecified atom stereocenters. The fraction of sp³-hybridized carbons (Fsp3) is 0.231. The first kappa shape index (κ1) is 13.1. The Morgan fingerprint density at radius 1 is 1.11 bits per heavy atom. The molecule has 5 heteroatoms. The molecule has 1 N–H and O–H groups in total. The lowest BCUT2D eigenvalue weighted by atomic mass is 10.1. The van der Waals surface area contributed by atoms with Crippen LogP contribution in [0.2, 0.25) is 10.0 Å². The third kappa shape index (κ3) is 2.92. The molecule has 0 saturated heterocycles. The van der Waals surface area contributed by atoms with Crippen molar-refractivity contribution in [2.75, 3.05) is 11.9 Å². The molecule has 0 aliphatic rings. The number of halogens is 2. The van der Waals surface area contributed by atoms with Gasteiger partial charge in [0, 0.05) is 17.8 Å². The van der Waals surface area contributed by atoms with Gasteiger partial charge in [-0.1, -0.05) is 29.3 Å². The maximum absolute atomic E-state index is 6.01. The van der Waals surface area contributed by atoms with E-state index < -0.39 is 0 Å². The molecule has 0 spiro atoms. The van der Waals surface area contributed by atoms with Crippen molar-refractivity contribution in [1.29, 1.82) is 0 Å². The van der Waals surface area contributed by atoms with Crippen molar-refractivity contribution in [3.8, 4) is 11.3 Å². The average Bonchev–Trinajstić information content (AvgIpc) is 2.32. The smallest absolute Gasteiger partial charge is 0.223 e. The molecule has 0 aliphatic carbocycles. The highest BCUT2D eigenvalue weighted by Crippen LogP contribution is 2.28. The Bertz CT molecular complexity index is 570. The van der Waals surface area contributed by atoms with Crippen molar-refractivity contribution < 1.29 is 0 Å². The number of nitrogens with zero attached hydrogens (tertiary/aromatic N) is 2. The van der Waals surface area contributed by atoms with Gasteiger partial charge in [-0.15, -0.1) is 0 Å². The van der Waals surface area contributed by atoms with Crippen LogP contribution in [0.5, 0.6) is 0 Å². The first-order valence-electron chi connectivity index (χ1n) is 5.65. The summed E-state index contributed by atoms with van der Waals surface area (Å²) in [6.07, 6.45) is 0. The van der Waals surface area contributed by atoms with Crippen LogP contribution in [0.1, 0.15) is 12.6 Å². The van der Waals surface area contributed by atoms with E-state index in [4.69, 9.17) is 23.2 Å². The largest absolute Gasteiger partial charge is 0.354 e.